The van der Waals surface area contributed by atoms with Crippen molar-refractivity contribution >= 4 is 17.8 Å². The Hall–Kier alpha value is -2.09. The Morgan fingerprint density at radius 2 is 1.58 bits per heavy atom. The molecular formula is C22H31N2+. The highest BCUT2D eigenvalue weighted by atomic mass is 15.1. The summed E-state index contributed by atoms with van der Waals surface area (Å²) in [6.45, 7) is 13.1. The molecule has 0 amide bonds. The summed E-state index contributed by atoms with van der Waals surface area (Å²) in [5.41, 5.74) is 5.15. The average Bonchev–Trinajstić information content (AvgIpc) is 2.61. The van der Waals surface area contributed by atoms with E-state index < -0.39 is 0 Å². The SMILES string of the molecule is CCc1ccc(C=Cc2ccc(N(CC)CC)cc2)[n+](C(C)C)c1. The van der Waals surface area contributed by atoms with Crippen molar-refractivity contribution in [1.82, 2.24) is 0 Å². The van der Waals surface area contributed by atoms with Gasteiger partial charge in [-0.05, 0) is 64.0 Å². The van der Waals surface area contributed by atoms with Gasteiger partial charge in [0, 0.05) is 36.5 Å². The molecule has 0 unspecified atom stereocenters. The molecule has 24 heavy (non-hydrogen) atoms. The third kappa shape index (κ3) is 4.47. The summed E-state index contributed by atoms with van der Waals surface area (Å²) in [6, 6.07) is 13.7. The predicted octanol–water partition coefficient (Wildman–Crippen LogP) is 5.13. The third-order valence-corrected chi connectivity index (χ3v) is 4.50. The van der Waals surface area contributed by atoms with Crippen molar-refractivity contribution < 1.29 is 4.57 Å². The molecule has 0 saturated heterocycles. The average molecular weight is 324 g/mol. The van der Waals surface area contributed by atoms with Crippen LogP contribution in [0.4, 0.5) is 5.69 Å². The summed E-state index contributed by atoms with van der Waals surface area (Å²) >= 11 is 0. The Morgan fingerprint density at radius 1 is 0.917 bits per heavy atom. The minimum atomic E-state index is 0.459. The Labute approximate surface area is 147 Å². The standard InChI is InChI=1S/C22H31N2/c1-6-19-9-15-22(24(17-19)18(4)5)16-12-20-10-13-21(14-11-20)23(7-2)8-3/h9-18H,6-8H2,1-5H3/q+1. The summed E-state index contributed by atoms with van der Waals surface area (Å²) in [5, 5.41) is 0. The van der Waals surface area contributed by atoms with Crippen molar-refractivity contribution in [2.24, 2.45) is 0 Å². The van der Waals surface area contributed by atoms with Crippen molar-refractivity contribution in [3.05, 3.63) is 59.4 Å². The van der Waals surface area contributed by atoms with Gasteiger partial charge in [-0.2, -0.15) is 4.57 Å². The zero-order valence-electron chi connectivity index (χ0n) is 15.8. The minimum absolute atomic E-state index is 0.459. The van der Waals surface area contributed by atoms with Gasteiger partial charge in [0.15, 0.2) is 12.2 Å². The van der Waals surface area contributed by atoms with Gasteiger partial charge in [0.2, 0.25) is 5.69 Å². The molecule has 0 aliphatic heterocycles. The van der Waals surface area contributed by atoms with E-state index in [0.29, 0.717) is 6.04 Å². The fourth-order valence-corrected chi connectivity index (χ4v) is 2.94. The largest absolute Gasteiger partial charge is 0.372 e. The molecule has 2 heteroatoms. The van der Waals surface area contributed by atoms with Gasteiger partial charge in [-0.25, -0.2) is 0 Å². The highest BCUT2D eigenvalue weighted by molar-refractivity contribution is 5.68. The van der Waals surface area contributed by atoms with Crippen LogP contribution in [0.2, 0.25) is 0 Å². The molecule has 2 nitrogen and oxygen atoms in total. The van der Waals surface area contributed by atoms with Gasteiger partial charge >= 0.3 is 0 Å². The van der Waals surface area contributed by atoms with Gasteiger partial charge in [0.1, 0.15) is 0 Å². The Balaban J connectivity index is 2.21. The fraction of sp³-hybridized carbons (Fsp3) is 0.409. The highest BCUT2D eigenvalue weighted by Crippen LogP contribution is 2.16. The van der Waals surface area contributed by atoms with E-state index in [0.717, 1.165) is 19.5 Å². The highest BCUT2D eigenvalue weighted by Gasteiger charge is 2.12. The third-order valence-electron chi connectivity index (χ3n) is 4.50. The maximum Gasteiger partial charge on any atom is 0.205 e. The van der Waals surface area contributed by atoms with Gasteiger partial charge in [-0.1, -0.05) is 19.1 Å². The smallest absolute Gasteiger partial charge is 0.205 e. The molecule has 2 rings (SSSR count). The molecule has 128 valence electrons. The van der Waals surface area contributed by atoms with E-state index in [2.05, 4.69) is 98.8 Å². The monoisotopic (exact) mass is 323 g/mol. The van der Waals surface area contributed by atoms with Gasteiger partial charge < -0.3 is 4.90 Å². The number of hydrogen-bond donors (Lipinski definition) is 0. The zero-order valence-corrected chi connectivity index (χ0v) is 15.8. The van der Waals surface area contributed by atoms with Crippen molar-refractivity contribution in [2.75, 3.05) is 18.0 Å². The van der Waals surface area contributed by atoms with Crippen LogP contribution in [0, 0.1) is 0 Å². The van der Waals surface area contributed by atoms with Crippen LogP contribution >= 0.6 is 0 Å². The van der Waals surface area contributed by atoms with E-state index in [1.54, 1.807) is 0 Å². The number of hydrogen-bond acceptors (Lipinski definition) is 1. The van der Waals surface area contributed by atoms with Gasteiger partial charge in [-0.15, -0.1) is 0 Å². The van der Waals surface area contributed by atoms with Crippen LogP contribution in [-0.4, -0.2) is 13.1 Å². The minimum Gasteiger partial charge on any atom is -0.372 e. The van der Waals surface area contributed by atoms with E-state index in [-0.39, 0.29) is 0 Å². The van der Waals surface area contributed by atoms with Crippen molar-refractivity contribution in [1.29, 1.82) is 0 Å². The molecule has 0 bridgehead atoms. The number of pyridine rings is 1. The number of benzene rings is 1. The first-order valence-corrected chi connectivity index (χ1v) is 9.16. The second-order valence-corrected chi connectivity index (χ2v) is 6.41. The molecule has 0 aliphatic rings. The lowest BCUT2D eigenvalue weighted by Crippen LogP contribution is -2.39. The van der Waals surface area contributed by atoms with Crippen LogP contribution < -0.4 is 9.47 Å². The lowest BCUT2D eigenvalue weighted by atomic mass is 10.1. The van der Waals surface area contributed by atoms with Crippen LogP contribution in [0.25, 0.3) is 12.2 Å². The molecule has 0 saturated carbocycles. The van der Waals surface area contributed by atoms with Crippen LogP contribution in [0.15, 0.2) is 42.6 Å². The molecule has 0 N–H and O–H groups in total. The Kier molecular flexibility index (Phi) is 6.60. The van der Waals surface area contributed by atoms with E-state index in [9.17, 15) is 0 Å². The number of anilines is 1. The van der Waals surface area contributed by atoms with E-state index in [1.165, 1.54) is 22.5 Å². The van der Waals surface area contributed by atoms with E-state index >= 15 is 0 Å². The zero-order chi connectivity index (χ0) is 17.5. The Bertz CT molecular complexity index is 665. The molecule has 0 radical (unpaired) electrons. The topological polar surface area (TPSA) is 7.12 Å². The second-order valence-electron chi connectivity index (χ2n) is 6.41. The lowest BCUT2D eigenvalue weighted by molar-refractivity contribution is -0.718. The number of nitrogens with zero attached hydrogens (tertiary/aromatic N) is 2. The Morgan fingerprint density at radius 3 is 2.12 bits per heavy atom. The lowest BCUT2D eigenvalue weighted by Gasteiger charge is -2.20. The molecule has 1 heterocycles. The van der Waals surface area contributed by atoms with Crippen molar-refractivity contribution in [3.8, 4) is 0 Å². The molecule has 1 aromatic carbocycles. The number of aromatic nitrogens is 1. The first-order valence-electron chi connectivity index (χ1n) is 9.16. The van der Waals surface area contributed by atoms with Gasteiger partial charge in [0.05, 0.1) is 0 Å². The first-order chi connectivity index (χ1) is 11.6. The molecule has 0 fully saturated rings. The van der Waals surface area contributed by atoms with E-state index in [1.807, 2.05) is 0 Å². The molecule has 0 atom stereocenters. The normalized spacial score (nSPS) is 11.4. The molecule has 0 aliphatic carbocycles. The fourth-order valence-electron chi connectivity index (χ4n) is 2.94. The van der Waals surface area contributed by atoms with Crippen molar-refractivity contribution in [3.63, 3.8) is 0 Å². The van der Waals surface area contributed by atoms with Crippen LogP contribution in [0.5, 0.6) is 0 Å². The van der Waals surface area contributed by atoms with Crippen LogP contribution in [0.3, 0.4) is 0 Å². The summed E-state index contributed by atoms with van der Waals surface area (Å²) in [5.74, 6) is 0. The maximum absolute atomic E-state index is 2.36. The first kappa shape index (κ1) is 18.3. The predicted molar refractivity (Wildman–Crippen MR) is 105 cm³/mol. The molecule has 2 aromatic rings. The maximum atomic E-state index is 2.36. The van der Waals surface area contributed by atoms with Crippen LogP contribution in [0.1, 0.15) is 57.5 Å². The summed E-state index contributed by atoms with van der Waals surface area (Å²) < 4.78 is 2.35. The number of aryl methyl sites for hydroxylation is 1. The summed E-state index contributed by atoms with van der Waals surface area (Å²) in [4.78, 5) is 2.36. The van der Waals surface area contributed by atoms with Crippen molar-refractivity contribution in [2.45, 2.75) is 47.1 Å². The van der Waals surface area contributed by atoms with E-state index in [4.69, 9.17) is 0 Å². The quantitative estimate of drug-likeness (QED) is 0.640. The summed E-state index contributed by atoms with van der Waals surface area (Å²) in [6.07, 6.45) is 7.76. The van der Waals surface area contributed by atoms with Gasteiger partial charge in [0.25, 0.3) is 0 Å². The van der Waals surface area contributed by atoms with Crippen LogP contribution in [-0.2, 0) is 6.42 Å². The number of rotatable bonds is 7. The summed E-state index contributed by atoms with van der Waals surface area (Å²) in [7, 11) is 0. The second kappa shape index (κ2) is 8.68. The molecule has 1 aromatic heterocycles. The molecule has 0 spiro atoms. The van der Waals surface area contributed by atoms with Gasteiger partial charge in [-0.3, -0.25) is 0 Å². The molecular weight excluding hydrogens is 292 g/mol.